The summed E-state index contributed by atoms with van der Waals surface area (Å²) in [7, 11) is -3.54. The van der Waals surface area contributed by atoms with Crippen molar-refractivity contribution in [3.05, 3.63) is 59.7 Å². The fraction of sp³-hybridized carbons (Fsp3) is 0.480. The van der Waals surface area contributed by atoms with Gasteiger partial charge in [0.1, 0.15) is 0 Å². The Labute approximate surface area is 186 Å². The molecule has 0 atom stereocenters. The summed E-state index contributed by atoms with van der Waals surface area (Å²) in [6.45, 7) is 7.84. The second-order valence-electron chi connectivity index (χ2n) is 9.67. The zero-order valence-electron chi connectivity index (χ0n) is 18.7. The van der Waals surface area contributed by atoms with E-state index in [1.807, 2.05) is 35.2 Å². The van der Waals surface area contributed by atoms with Gasteiger partial charge in [-0.25, -0.2) is 8.42 Å². The van der Waals surface area contributed by atoms with Crippen molar-refractivity contribution in [2.45, 2.75) is 56.8 Å². The Morgan fingerprint density at radius 2 is 1.58 bits per heavy atom. The summed E-state index contributed by atoms with van der Waals surface area (Å²) >= 11 is 0. The summed E-state index contributed by atoms with van der Waals surface area (Å²) in [6.07, 6.45) is 3.11. The minimum absolute atomic E-state index is 0.0198. The van der Waals surface area contributed by atoms with Crippen molar-refractivity contribution in [2.75, 3.05) is 24.5 Å². The third kappa shape index (κ3) is 4.41. The van der Waals surface area contributed by atoms with Crippen LogP contribution in [0.2, 0.25) is 0 Å². The van der Waals surface area contributed by atoms with Gasteiger partial charge in [-0.05, 0) is 60.4 Å². The van der Waals surface area contributed by atoms with Crippen LogP contribution in [0.25, 0.3) is 0 Å². The monoisotopic (exact) mass is 440 g/mol. The highest BCUT2D eigenvalue weighted by Crippen LogP contribution is 2.32. The van der Waals surface area contributed by atoms with Crippen LogP contribution in [0.5, 0.6) is 0 Å². The van der Waals surface area contributed by atoms with Gasteiger partial charge in [0.05, 0.1) is 4.90 Å². The fourth-order valence-electron chi connectivity index (χ4n) is 4.60. The summed E-state index contributed by atoms with van der Waals surface area (Å²) in [4.78, 5) is 15.5. The lowest BCUT2D eigenvalue weighted by Crippen LogP contribution is -2.45. The summed E-state index contributed by atoms with van der Waals surface area (Å²) in [5.41, 5.74) is 3.33. The lowest BCUT2D eigenvalue weighted by Gasteiger charge is -2.36. The lowest BCUT2D eigenvalue weighted by atomic mass is 9.87. The van der Waals surface area contributed by atoms with Crippen LogP contribution in [0.1, 0.15) is 51.2 Å². The molecule has 166 valence electrons. The van der Waals surface area contributed by atoms with Gasteiger partial charge >= 0.3 is 0 Å². The summed E-state index contributed by atoms with van der Waals surface area (Å²) in [5, 5.41) is 0. The smallest absolute Gasteiger partial charge is 0.243 e. The maximum Gasteiger partial charge on any atom is 0.243 e. The Hall–Kier alpha value is -2.18. The van der Waals surface area contributed by atoms with E-state index in [1.54, 1.807) is 12.1 Å². The van der Waals surface area contributed by atoms with E-state index < -0.39 is 10.0 Å². The molecular formula is C25H32N2O3S. The Kier molecular flexibility index (Phi) is 5.97. The van der Waals surface area contributed by atoms with E-state index in [0.717, 1.165) is 30.6 Å². The highest BCUT2D eigenvalue weighted by atomic mass is 32.2. The van der Waals surface area contributed by atoms with Gasteiger partial charge in [0.2, 0.25) is 15.9 Å². The van der Waals surface area contributed by atoms with Crippen molar-refractivity contribution in [1.29, 1.82) is 0 Å². The van der Waals surface area contributed by atoms with Crippen LogP contribution in [0.15, 0.2) is 53.4 Å². The van der Waals surface area contributed by atoms with Crippen molar-refractivity contribution in [2.24, 2.45) is 5.92 Å². The molecule has 0 saturated carbocycles. The first-order valence-corrected chi connectivity index (χ1v) is 12.6. The number of carbonyl (C=O) groups excluding carboxylic acids is 1. The molecule has 2 aromatic rings. The first-order valence-electron chi connectivity index (χ1n) is 11.2. The van der Waals surface area contributed by atoms with Gasteiger partial charge in [0.25, 0.3) is 0 Å². The number of carbonyl (C=O) groups is 1. The van der Waals surface area contributed by atoms with Gasteiger partial charge in [-0.2, -0.15) is 4.31 Å². The van der Waals surface area contributed by atoms with Crippen LogP contribution in [0.4, 0.5) is 5.69 Å². The second-order valence-corrected chi connectivity index (χ2v) is 11.6. The molecule has 0 N–H and O–H groups in total. The second kappa shape index (κ2) is 8.40. The lowest BCUT2D eigenvalue weighted by molar-refractivity contribution is -0.123. The Morgan fingerprint density at radius 1 is 0.935 bits per heavy atom. The quantitative estimate of drug-likeness (QED) is 0.712. The number of rotatable bonds is 3. The Balaban J connectivity index is 1.43. The predicted octanol–water partition coefficient (Wildman–Crippen LogP) is 4.36. The zero-order valence-corrected chi connectivity index (χ0v) is 19.5. The van der Waals surface area contributed by atoms with Gasteiger partial charge in [-0.1, -0.05) is 51.1 Å². The number of amides is 1. The molecule has 0 unspecified atom stereocenters. The van der Waals surface area contributed by atoms with Crippen molar-refractivity contribution in [3.8, 4) is 0 Å². The first-order chi connectivity index (χ1) is 14.7. The van der Waals surface area contributed by atoms with Gasteiger partial charge in [-0.3, -0.25) is 4.79 Å². The van der Waals surface area contributed by atoms with Crippen molar-refractivity contribution >= 4 is 21.6 Å². The number of fused-ring (bicyclic) bond motifs is 1. The third-order valence-corrected chi connectivity index (χ3v) is 8.45. The first kappa shape index (κ1) is 22.0. The van der Waals surface area contributed by atoms with E-state index in [9.17, 15) is 13.2 Å². The van der Waals surface area contributed by atoms with Crippen molar-refractivity contribution < 1.29 is 13.2 Å². The highest BCUT2D eigenvalue weighted by molar-refractivity contribution is 7.89. The van der Waals surface area contributed by atoms with Gasteiger partial charge < -0.3 is 4.90 Å². The van der Waals surface area contributed by atoms with Crippen LogP contribution in [-0.2, 0) is 26.7 Å². The third-order valence-electron chi connectivity index (χ3n) is 6.54. The molecule has 31 heavy (non-hydrogen) atoms. The molecule has 5 nitrogen and oxygen atoms in total. The van der Waals surface area contributed by atoms with E-state index in [2.05, 4.69) is 26.8 Å². The molecule has 0 radical (unpaired) electrons. The fourth-order valence-corrected chi connectivity index (χ4v) is 6.07. The molecule has 2 aliphatic heterocycles. The normalized spacial score (nSPS) is 18.6. The average molecular weight is 441 g/mol. The largest absolute Gasteiger partial charge is 0.312 e. The number of hydrogen-bond acceptors (Lipinski definition) is 3. The summed E-state index contributed by atoms with van der Waals surface area (Å²) in [5.74, 6) is 0.0135. The summed E-state index contributed by atoms with van der Waals surface area (Å²) in [6, 6.07) is 15.3. The SMILES string of the molecule is CC(C)(C)c1ccc(S(=O)(=O)N2CCC(C(=O)N3CCCc4ccccc43)CC2)cc1. The minimum Gasteiger partial charge on any atom is -0.312 e. The van der Waals surface area contributed by atoms with Crippen molar-refractivity contribution in [1.82, 2.24) is 4.31 Å². The number of anilines is 1. The molecule has 4 rings (SSSR count). The molecule has 6 heteroatoms. The number of piperidine rings is 1. The van der Waals surface area contributed by atoms with E-state index in [1.165, 1.54) is 9.87 Å². The maximum absolute atomic E-state index is 13.2. The van der Waals surface area contributed by atoms with Crippen LogP contribution in [-0.4, -0.2) is 38.3 Å². The number of hydrogen-bond donors (Lipinski definition) is 0. The number of para-hydroxylation sites is 1. The van der Waals surface area contributed by atoms with Gasteiger partial charge in [0.15, 0.2) is 0 Å². The average Bonchev–Trinajstić information content (AvgIpc) is 2.78. The molecule has 0 spiro atoms. The van der Waals surface area contributed by atoms with Crippen LogP contribution in [0, 0.1) is 5.92 Å². The van der Waals surface area contributed by atoms with Crippen molar-refractivity contribution in [3.63, 3.8) is 0 Å². The molecule has 2 aromatic carbocycles. The van der Waals surface area contributed by atoms with Gasteiger partial charge in [0, 0.05) is 31.2 Å². The minimum atomic E-state index is -3.54. The van der Waals surface area contributed by atoms with E-state index in [-0.39, 0.29) is 17.2 Å². The molecule has 1 saturated heterocycles. The number of sulfonamides is 1. The number of benzene rings is 2. The van der Waals surface area contributed by atoms with Crippen LogP contribution < -0.4 is 4.90 Å². The molecule has 2 heterocycles. The number of nitrogens with zero attached hydrogens (tertiary/aromatic N) is 2. The van der Waals surface area contributed by atoms with Crippen LogP contribution in [0.3, 0.4) is 0 Å². The van der Waals surface area contributed by atoms with E-state index >= 15 is 0 Å². The molecule has 1 fully saturated rings. The van der Waals surface area contributed by atoms with Gasteiger partial charge in [-0.15, -0.1) is 0 Å². The molecule has 0 aromatic heterocycles. The summed E-state index contributed by atoms with van der Waals surface area (Å²) < 4.78 is 27.8. The molecule has 0 bridgehead atoms. The van der Waals surface area contributed by atoms with E-state index in [4.69, 9.17) is 0 Å². The topological polar surface area (TPSA) is 57.7 Å². The Bertz CT molecular complexity index is 1050. The predicted molar refractivity (Wildman–Crippen MR) is 124 cm³/mol. The Morgan fingerprint density at radius 3 is 2.23 bits per heavy atom. The standard InChI is InChI=1S/C25H32N2O3S/c1-25(2,3)21-10-12-22(13-11-21)31(29,30)26-17-14-20(15-18-26)24(28)27-16-6-8-19-7-4-5-9-23(19)27/h4-5,7,9-13,20H,6,8,14-18H2,1-3H3. The molecule has 0 aliphatic carbocycles. The van der Waals surface area contributed by atoms with E-state index in [0.29, 0.717) is 30.8 Å². The zero-order chi connectivity index (χ0) is 22.2. The molecular weight excluding hydrogens is 408 g/mol. The molecule has 1 amide bonds. The number of aryl methyl sites for hydroxylation is 1. The van der Waals surface area contributed by atoms with Crippen LogP contribution >= 0.6 is 0 Å². The molecule has 2 aliphatic rings. The maximum atomic E-state index is 13.2. The highest BCUT2D eigenvalue weighted by Gasteiger charge is 2.35.